The third kappa shape index (κ3) is 6.47. The Morgan fingerprint density at radius 3 is 1.64 bits per heavy atom. The van der Waals surface area contributed by atoms with Crippen LogP contribution in [0.15, 0.2) is 235 Å². The van der Waals surface area contributed by atoms with Crippen LogP contribution in [0, 0.1) is 0 Å². The highest BCUT2D eigenvalue weighted by atomic mass is 16.3. The summed E-state index contributed by atoms with van der Waals surface area (Å²) in [6, 6.07) is 78.9. The first-order valence-corrected chi connectivity index (χ1v) is 23.3. The predicted octanol–water partition coefficient (Wildman–Crippen LogP) is 16.9. The van der Waals surface area contributed by atoms with Crippen LogP contribution in [0.25, 0.3) is 143 Å². The van der Waals surface area contributed by atoms with Crippen molar-refractivity contribution in [3.63, 3.8) is 0 Å². The highest BCUT2D eigenvalue weighted by Gasteiger charge is 2.20. The monoisotopic (exact) mass is 878 g/mol. The van der Waals surface area contributed by atoms with Gasteiger partial charge in [-0.05, 0) is 109 Å². The molecule has 0 saturated heterocycles. The summed E-state index contributed by atoms with van der Waals surface area (Å²) < 4.78 is 6.49. The number of rotatable bonds is 6. The number of nitrogens with zero attached hydrogens (tertiary/aromatic N) is 4. The van der Waals surface area contributed by atoms with E-state index in [4.69, 9.17) is 24.4 Å². The summed E-state index contributed by atoms with van der Waals surface area (Å²) in [5, 5.41) is 11.3. The zero-order chi connectivity index (χ0) is 45.4. The minimum Gasteiger partial charge on any atom is -0.456 e. The van der Waals surface area contributed by atoms with Gasteiger partial charge in [-0.1, -0.05) is 170 Å². The van der Waals surface area contributed by atoms with Crippen molar-refractivity contribution in [1.29, 1.82) is 0 Å². The molecule has 0 bridgehead atoms. The van der Waals surface area contributed by atoms with Crippen molar-refractivity contribution in [3.8, 4) is 67.4 Å². The van der Waals surface area contributed by atoms with Gasteiger partial charge in [0.1, 0.15) is 11.2 Å². The molecule has 0 aliphatic heterocycles. The summed E-state index contributed by atoms with van der Waals surface area (Å²) in [4.78, 5) is 21.6. The first kappa shape index (κ1) is 38.9. The topological polar surface area (TPSA) is 64.7 Å². The van der Waals surface area contributed by atoms with E-state index in [1.807, 2.05) is 24.4 Å². The Bertz CT molecular complexity index is 4330. The normalized spacial score (nSPS) is 11.8. The van der Waals surface area contributed by atoms with Crippen molar-refractivity contribution in [2.75, 3.05) is 0 Å². The molecule has 0 saturated carbocycles. The molecule has 14 aromatic rings. The maximum Gasteiger partial charge on any atom is 0.160 e. The fourth-order valence-electron chi connectivity index (χ4n) is 10.4. The van der Waals surface area contributed by atoms with E-state index in [1.54, 1.807) is 0 Å². The lowest BCUT2D eigenvalue weighted by atomic mass is 9.91. The molecule has 0 unspecified atom stereocenters. The van der Waals surface area contributed by atoms with Crippen LogP contribution < -0.4 is 0 Å². The Labute approximate surface area is 396 Å². The summed E-state index contributed by atoms with van der Waals surface area (Å²) in [6.07, 6.45) is 1.92. The summed E-state index contributed by atoms with van der Waals surface area (Å²) in [6.45, 7) is 0. The summed E-state index contributed by atoms with van der Waals surface area (Å²) in [5.41, 5.74) is 14.0. The van der Waals surface area contributed by atoms with Gasteiger partial charge in [0.05, 0.1) is 34.3 Å². The Morgan fingerprint density at radius 2 is 0.884 bits per heavy atom. The van der Waals surface area contributed by atoms with Gasteiger partial charge in [-0.3, -0.25) is 4.98 Å². The van der Waals surface area contributed by atoms with E-state index >= 15 is 0 Å². The van der Waals surface area contributed by atoms with E-state index in [0.717, 1.165) is 121 Å². The standard InChI is InChI=1S/C64H38N4O/c1-3-16-39(17-4-1)47-28-15-29-60-61(47)55-36-42(30-31-59(55)69-60)57-37-56(40-18-5-2-6-19-40)67-64(68-57)45-33-43(54-35-41-20-7-8-21-46(41)48-22-9-10-25-51(48)54)32-44(34-45)58-38-65-62-52-26-13-11-23-49(52)50-24-12-14-27-53(50)63(62)66-58/h1-38H. The van der Waals surface area contributed by atoms with E-state index < -0.39 is 0 Å². The number of hydrogen-bond acceptors (Lipinski definition) is 5. The van der Waals surface area contributed by atoms with Gasteiger partial charge in [0.25, 0.3) is 0 Å². The van der Waals surface area contributed by atoms with Crippen LogP contribution in [0.3, 0.4) is 0 Å². The van der Waals surface area contributed by atoms with Gasteiger partial charge in [0.15, 0.2) is 5.82 Å². The van der Waals surface area contributed by atoms with Gasteiger partial charge in [0, 0.05) is 43.8 Å². The van der Waals surface area contributed by atoms with E-state index in [2.05, 4.69) is 206 Å². The van der Waals surface area contributed by atoms with Crippen molar-refractivity contribution in [1.82, 2.24) is 19.9 Å². The molecular formula is C64H38N4O. The van der Waals surface area contributed by atoms with Crippen LogP contribution in [0.5, 0.6) is 0 Å². The van der Waals surface area contributed by atoms with E-state index in [1.165, 1.54) is 16.2 Å². The summed E-state index contributed by atoms with van der Waals surface area (Å²) in [5.74, 6) is 0.604. The van der Waals surface area contributed by atoms with Gasteiger partial charge in [-0.2, -0.15) is 0 Å². The molecule has 0 fully saturated rings. The fourth-order valence-corrected chi connectivity index (χ4v) is 10.4. The number of hydrogen-bond donors (Lipinski definition) is 0. The molecule has 5 heteroatoms. The predicted molar refractivity (Wildman–Crippen MR) is 285 cm³/mol. The minimum absolute atomic E-state index is 0.604. The third-order valence-corrected chi connectivity index (χ3v) is 13.7. The Balaban J connectivity index is 1.02. The Hall–Kier alpha value is -9.32. The lowest BCUT2D eigenvalue weighted by Crippen LogP contribution is -1.98. The van der Waals surface area contributed by atoms with Crippen LogP contribution in [-0.4, -0.2) is 19.9 Å². The highest BCUT2D eigenvalue weighted by Crippen LogP contribution is 2.42. The molecule has 3 heterocycles. The smallest absolute Gasteiger partial charge is 0.160 e. The second kappa shape index (κ2) is 15.7. The van der Waals surface area contributed by atoms with Gasteiger partial charge in [-0.25, -0.2) is 15.0 Å². The molecule has 11 aromatic carbocycles. The SMILES string of the molecule is c1ccc(-c2cc(-c3ccc4oc5cccc(-c6ccccc6)c5c4c3)nc(-c3cc(-c4cnc5c6ccccc6c6ccccc6c5n4)cc(-c4cc5ccccc5c5ccccc45)c3)n2)cc1. The zero-order valence-electron chi connectivity index (χ0n) is 37.1. The molecule has 69 heavy (non-hydrogen) atoms. The molecule has 0 atom stereocenters. The molecule has 0 aliphatic rings. The largest absolute Gasteiger partial charge is 0.456 e. The average Bonchev–Trinajstić information content (AvgIpc) is 3.81. The molecule has 0 spiro atoms. The van der Waals surface area contributed by atoms with Gasteiger partial charge >= 0.3 is 0 Å². The van der Waals surface area contributed by atoms with Gasteiger partial charge in [0.2, 0.25) is 0 Å². The molecule has 14 rings (SSSR count). The third-order valence-electron chi connectivity index (χ3n) is 13.7. The number of benzene rings is 11. The number of fused-ring (bicyclic) bond motifs is 12. The second-order valence-electron chi connectivity index (χ2n) is 17.7. The molecule has 320 valence electrons. The van der Waals surface area contributed by atoms with Crippen molar-refractivity contribution >= 4 is 76.1 Å². The quantitative estimate of drug-likeness (QED) is 0.156. The Kier molecular flexibility index (Phi) is 8.83. The molecule has 0 aliphatic carbocycles. The maximum absolute atomic E-state index is 6.49. The molecular weight excluding hydrogens is 841 g/mol. The molecule has 0 amide bonds. The average molecular weight is 879 g/mol. The van der Waals surface area contributed by atoms with Crippen LogP contribution in [0.2, 0.25) is 0 Å². The van der Waals surface area contributed by atoms with Crippen LogP contribution >= 0.6 is 0 Å². The van der Waals surface area contributed by atoms with Crippen LogP contribution in [-0.2, 0) is 0 Å². The molecule has 5 nitrogen and oxygen atoms in total. The van der Waals surface area contributed by atoms with Gasteiger partial charge < -0.3 is 4.42 Å². The van der Waals surface area contributed by atoms with Gasteiger partial charge in [-0.15, -0.1) is 0 Å². The highest BCUT2D eigenvalue weighted by molar-refractivity contribution is 6.23. The minimum atomic E-state index is 0.604. The molecule has 0 radical (unpaired) electrons. The molecule has 0 N–H and O–H groups in total. The fraction of sp³-hybridized carbons (Fsp3) is 0. The van der Waals surface area contributed by atoms with Crippen LogP contribution in [0.1, 0.15) is 0 Å². The van der Waals surface area contributed by atoms with E-state index in [-0.39, 0.29) is 0 Å². The summed E-state index contributed by atoms with van der Waals surface area (Å²) >= 11 is 0. The molecule has 3 aromatic heterocycles. The lowest BCUT2D eigenvalue weighted by Gasteiger charge is -2.15. The second-order valence-corrected chi connectivity index (χ2v) is 17.7. The van der Waals surface area contributed by atoms with Crippen molar-refractivity contribution in [2.45, 2.75) is 0 Å². The van der Waals surface area contributed by atoms with E-state index in [9.17, 15) is 0 Å². The van der Waals surface area contributed by atoms with Crippen molar-refractivity contribution < 1.29 is 4.42 Å². The Morgan fingerprint density at radius 1 is 0.290 bits per heavy atom. The van der Waals surface area contributed by atoms with Crippen molar-refractivity contribution in [2.24, 2.45) is 0 Å². The number of furan rings is 1. The lowest BCUT2D eigenvalue weighted by molar-refractivity contribution is 0.669. The maximum atomic E-state index is 6.49. The first-order valence-electron chi connectivity index (χ1n) is 23.3. The van der Waals surface area contributed by atoms with Crippen molar-refractivity contribution in [3.05, 3.63) is 231 Å². The summed E-state index contributed by atoms with van der Waals surface area (Å²) in [7, 11) is 0. The number of aromatic nitrogens is 4. The van der Waals surface area contributed by atoms with E-state index in [0.29, 0.717) is 5.82 Å². The van der Waals surface area contributed by atoms with Crippen LogP contribution in [0.4, 0.5) is 0 Å². The zero-order valence-corrected chi connectivity index (χ0v) is 37.1. The first-order chi connectivity index (χ1) is 34.2.